The Kier molecular flexibility index (Phi) is 3.25. The first-order valence-electron chi connectivity index (χ1n) is 5.37. The third-order valence-electron chi connectivity index (χ3n) is 2.50. The second kappa shape index (κ2) is 4.66. The summed E-state index contributed by atoms with van der Waals surface area (Å²) in [6.07, 6.45) is 0. The van der Waals surface area contributed by atoms with Crippen LogP contribution in [0.15, 0.2) is 23.6 Å². The van der Waals surface area contributed by atoms with Gasteiger partial charge in [0, 0.05) is 10.6 Å². The van der Waals surface area contributed by atoms with Gasteiger partial charge in [0.05, 0.1) is 6.54 Å². The molecule has 0 saturated heterocycles. The minimum absolute atomic E-state index is 0.861. The molecule has 0 atom stereocenters. The number of aryl methyl sites for hydroxylation is 3. The highest BCUT2D eigenvalue weighted by molar-refractivity contribution is 7.10. The molecule has 0 fully saturated rings. The first-order chi connectivity index (χ1) is 7.65. The average molecular weight is 232 g/mol. The number of pyridine rings is 1. The lowest BCUT2D eigenvalue weighted by Gasteiger charge is -2.07. The number of rotatable bonds is 3. The van der Waals surface area contributed by atoms with Crippen LogP contribution in [-0.2, 0) is 6.54 Å². The lowest BCUT2D eigenvalue weighted by molar-refractivity contribution is 1.09. The first kappa shape index (κ1) is 11.1. The summed E-state index contributed by atoms with van der Waals surface area (Å²) in [5, 5.41) is 5.50. The third kappa shape index (κ3) is 2.61. The molecule has 3 heteroatoms. The molecule has 2 nitrogen and oxygen atoms in total. The Morgan fingerprint density at radius 1 is 1.25 bits per heavy atom. The molecule has 2 heterocycles. The minimum Gasteiger partial charge on any atom is -0.365 e. The van der Waals surface area contributed by atoms with Gasteiger partial charge in [-0.05, 0) is 55.5 Å². The van der Waals surface area contributed by atoms with Crippen molar-refractivity contribution in [2.45, 2.75) is 27.3 Å². The van der Waals surface area contributed by atoms with E-state index < -0.39 is 0 Å². The lowest BCUT2D eigenvalue weighted by atomic mass is 10.2. The van der Waals surface area contributed by atoms with Crippen molar-refractivity contribution in [2.24, 2.45) is 0 Å². The lowest BCUT2D eigenvalue weighted by Crippen LogP contribution is -2.02. The quantitative estimate of drug-likeness (QED) is 0.873. The maximum atomic E-state index is 4.46. The molecule has 0 spiro atoms. The van der Waals surface area contributed by atoms with E-state index in [1.165, 1.54) is 16.0 Å². The maximum absolute atomic E-state index is 4.46. The number of thiophene rings is 1. The highest BCUT2D eigenvalue weighted by Crippen LogP contribution is 2.17. The van der Waals surface area contributed by atoms with Crippen molar-refractivity contribution in [1.82, 2.24) is 4.98 Å². The zero-order chi connectivity index (χ0) is 11.5. The zero-order valence-corrected chi connectivity index (χ0v) is 10.7. The van der Waals surface area contributed by atoms with Crippen LogP contribution in [0, 0.1) is 20.8 Å². The van der Waals surface area contributed by atoms with E-state index in [0.29, 0.717) is 0 Å². The van der Waals surface area contributed by atoms with Crippen LogP contribution in [0.25, 0.3) is 0 Å². The zero-order valence-electron chi connectivity index (χ0n) is 9.87. The molecule has 0 aliphatic heterocycles. The SMILES string of the molecule is Cc1cc(C)nc(NCc2sccc2C)c1. The maximum Gasteiger partial charge on any atom is 0.126 e. The Bertz CT molecular complexity index is 468. The second-order valence-electron chi connectivity index (χ2n) is 4.05. The molecule has 2 aromatic rings. The van der Waals surface area contributed by atoms with Gasteiger partial charge in [-0.15, -0.1) is 11.3 Å². The molecule has 16 heavy (non-hydrogen) atoms. The Morgan fingerprint density at radius 2 is 2.06 bits per heavy atom. The van der Waals surface area contributed by atoms with E-state index in [1.54, 1.807) is 11.3 Å². The summed E-state index contributed by atoms with van der Waals surface area (Å²) in [7, 11) is 0. The minimum atomic E-state index is 0.861. The van der Waals surface area contributed by atoms with Gasteiger partial charge in [0.1, 0.15) is 5.82 Å². The van der Waals surface area contributed by atoms with Gasteiger partial charge >= 0.3 is 0 Å². The summed E-state index contributed by atoms with van der Waals surface area (Å²) in [4.78, 5) is 5.83. The number of hydrogen-bond donors (Lipinski definition) is 1. The Morgan fingerprint density at radius 3 is 2.69 bits per heavy atom. The van der Waals surface area contributed by atoms with E-state index in [-0.39, 0.29) is 0 Å². The molecule has 0 saturated carbocycles. The van der Waals surface area contributed by atoms with Gasteiger partial charge in [-0.1, -0.05) is 0 Å². The van der Waals surface area contributed by atoms with Crippen LogP contribution >= 0.6 is 11.3 Å². The third-order valence-corrected chi connectivity index (χ3v) is 3.52. The number of hydrogen-bond acceptors (Lipinski definition) is 3. The number of nitrogens with one attached hydrogen (secondary N) is 1. The van der Waals surface area contributed by atoms with Gasteiger partial charge in [0.15, 0.2) is 0 Å². The number of anilines is 1. The van der Waals surface area contributed by atoms with E-state index in [4.69, 9.17) is 0 Å². The van der Waals surface area contributed by atoms with Crippen LogP contribution in [0.5, 0.6) is 0 Å². The molecule has 0 unspecified atom stereocenters. The molecule has 0 amide bonds. The number of nitrogens with zero attached hydrogens (tertiary/aromatic N) is 1. The van der Waals surface area contributed by atoms with Crippen molar-refractivity contribution in [3.8, 4) is 0 Å². The molecule has 0 aliphatic carbocycles. The summed E-state index contributed by atoms with van der Waals surface area (Å²) in [6, 6.07) is 6.31. The van der Waals surface area contributed by atoms with Crippen molar-refractivity contribution in [1.29, 1.82) is 0 Å². The van der Waals surface area contributed by atoms with Gasteiger partial charge in [0.2, 0.25) is 0 Å². The van der Waals surface area contributed by atoms with Crippen LogP contribution in [0.1, 0.15) is 21.7 Å². The molecule has 0 radical (unpaired) electrons. The van der Waals surface area contributed by atoms with Gasteiger partial charge in [-0.2, -0.15) is 0 Å². The molecular weight excluding hydrogens is 216 g/mol. The highest BCUT2D eigenvalue weighted by atomic mass is 32.1. The largest absolute Gasteiger partial charge is 0.365 e. The van der Waals surface area contributed by atoms with E-state index in [2.05, 4.69) is 47.7 Å². The van der Waals surface area contributed by atoms with Crippen molar-refractivity contribution in [2.75, 3.05) is 5.32 Å². The topological polar surface area (TPSA) is 24.9 Å². The molecule has 2 rings (SSSR count). The predicted octanol–water partition coefficient (Wildman–Crippen LogP) is 3.68. The molecule has 2 aromatic heterocycles. The standard InChI is InChI=1S/C13H16N2S/c1-9-6-11(3)15-13(7-9)14-8-12-10(2)4-5-16-12/h4-7H,8H2,1-3H3,(H,14,15). The highest BCUT2D eigenvalue weighted by Gasteiger charge is 2.01. The van der Waals surface area contributed by atoms with Crippen LogP contribution in [0.3, 0.4) is 0 Å². The summed E-state index contributed by atoms with van der Waals surface area (Å²) in [5.74, 6) is 0.963. The monoisotopic (exact) mass is 232 g/mol. The molecule has 84 valence electrons. The fraction of sp³-hybridized carbons (Fsp3) is 0.308. The number of aromatic nitrogens is 1. The van der Waals surface area contributed by atoms with Crippen LogP contribution in [-0.4, -0.2) is 4.98 Å². The van der Waals surface area contributed by atoms with Crippen molar-refractivity contribution >= 4 is 17.2 Å². The average Bonchev–Trinajstić information content (AvgIpc) is 2.59. The summed E-state index contributed by atoms with van der Waals surface area (Å²) < 4.78 is 0. The predicted molar refractivity (Wildman–Crippen MR) is 70.1 cm³/mol. The fourth-order valence-electron chi connectivity index (χ4n) is 1.69. The summed E-state index contributed by atoms with van der Waals surface area (Å²) in [5.41, 5.74) is 3.66. The molecule has 1 N–H and O–H groups in total. The molecular formula is C13H16N2S. The van der Waals surface area contributed by atoms with E-state index in [0.717, 1.165) is 18.1 Å². The van der Waals surface area contributed by atoms with Crippen LogP contribution in [0.2, 0.25) is 0 Å². The van der Waals surface area contributed by atoms with Crippen LogP contribution in [0.4, 0.5) is 5.82 Å². The van der Waals surface area contributed by atoms with E-state index in [1.807, 2.05) is 6.92 Å². The van der Waals surface area contributed by atoms with E-state index >= 15 is 0 Å². The van der Waals surface area contributed by atoms with Gasteiger partial charge in [-0.25, -0.2) is 4.98 Å². The van der Waals surface area contributed by atoms with Crippen molar-refractivity contribution < 1.29 is 0 Å². The fourth-order valence-corrected chi connectivity index (χ4v) is 2.53. The van der Waals surface area contributed by atoms with Gasteiger partial charge in [-0.3, -0.25) is 0 Å². The molecule has 0 aliphatic rings. The smallest absolute Gasteiger partial charge is 0.126 e. The Labute approximate surface area is 100 Å². The normalized spacial score (nSPS) is 10.4. The van der Waals surface area contributed by atoms with Gasteiger partial charge in [0.25, 0.3) is 0 Å². The van der Waals surface area contributed by atoms with Crippen molar-refractivity contribution in [3.63, 3.8) is 0 Å². The summed E-state index contributed by atoms with van der Waals surface area (Å²) >= 11 is 1.79. The summed E-state index contributed by atoms with van der Waals surface area (Å²) in [6.45, 7) is 7.12. The Balaban J connectivity index is 2.07. The molecule has 0 aromatic carbocycles. The van der Waals surface area contributed by atoms with E-state index in [9.17, 15) is 0 Å². The first-order valence-corrected chi connectivity index (χ1v) is 6.25. The van der Waals surface area contributed by atoms with Gasteiger partial charge < -0.3 is 5.32 Å². The van der Waals surface area contributed by atoms with Crippen LogP contribution < -0.4 is 5.32 Å². The Hall–Kier alpha value is -1.35. The molecule has 0 bridgehead atoms. The van der Waals surface area contributed by atoms with Crippen molar-refractivity contribution in [3.05, 3.63) is 45.3 Å². The second-order valence-corrected chi connectivity index (χ2v) is 5.05.